The number of carbonyl (C=O) groups is 1. The number of hydrogen-bond acceptors (Lipinski definition) is 3. The lowest BCUT2D eigenvalue weighted by Crippen LogP contribution is -2.48. The van der Waals surface area contributed by atoms with E-state index in [1.807, 2.05) is 0 Å². The van der Waals surface area contributed by atoms with Crippen LogP contribution in [0, 0.1) is 5.92 Å². The molecule has 0 aliphatic carbocycles. The molecule has 0 spiro atoms. The summed E-state index contributed by atoms with van der Waals surface area (Å²) in [5.41, 5.74) is 6.45. The summed E-state index contributed by atoms with van der Waals surface area (Å²) in [5, 5.41) is 9.60. The van der Waals surface area contributed by atoms with Crippen molar-refractivity contribution in [2.45, 2.75) is 19.4 Å². The van der Waals surface area contributed by atoms with Gasteiger partial charge < -0.3 is 15.7 Å². The van der Waals surface area contributed by atoms with Crippen LogP contribution in [0.4, 0.5) is 0 Å². The van der Waals surface area contributed by atoms with Gasteiger partial charge in [-0.2, -0.15) is 0 Å². The van der Waals surface area contributed by atoms with Gasteiger partial charge in [0.05, 0.1) is 4.47 Å². The first-order valence-electron chi connectivity index (χ1n) is 6.02. The van der Waals surface area contributed by atoms with Gasteiger partial charge in [0, 0.05) is 24.7 Å². The molecule has 98 valence electrons. The average Bonchev–Trinajstić information content (AvgIpc) is 2.35. The van der Waals surface area contributed by atoms with E-state index in [-0.39, 0.29) is 17.7 Å². The number of nitrogens with two attached hydrogens (primary N) is 1. The molecule has 1 amide bonds. The zero-order chi connectivity index (χ0) is 13.3. The number of aromatic hydroxyl groups is 1. The molecule has 0 saturated carbocycles. The van der Waals surface area contributed by atoms with Crippen molar-refractivity contribution in [3.63, 3.8) is 0 Å². The Morgan fingerprint density at radius 1 is 1.56 bits per heavy atom. The van der Waals surface area contributed by atoms with Crippen molar-refractivity contribution >= 4 is 21.8 Å². The lowest BCUT2D eigenvalue weighted by Gasteiger charge is -2.35. The molecule has 4 nitrogen and oxygen atoms in total. The Bertz CT molecular complexity index is 464. The number of piperidine rings is 1. The van der Waals surface area contributed by atoms with Crippen LogP contribution >= 0.6 is 15.9 Å². The van der Waals surface area contributed by atoms with Crippen LogP contribution in [-0.2, 0) is 0 Å². The minimum Gasteiger partial charge on any atom is -0.507 e. The third-order valence-electron chi connectivity index (χ3n) is 3.45. The fraction of sp³-hybridized carbons (Fsp3) is 0.462. The van der Waals surface area contributed by atoms with Gasteiger partial charge in [-0.25, -0.2) is 0 Å². The van der Waals surface area contributed by atoms with E-state index >= 15 is 0 Å². The van der Waals surface area contributed by atoms with E-state index in [9.17, 15) is 9.90 Å². The molecule has 1 heterocycles. The van der Waals surface area contributed by atoms with Crippen molar-refractivity contribution in [1.29, 1.82) is 0 Å². The van der Waals surface area contributed by atoms with E-state index in [1.54, 1.807) is 17.0 Å². The molecule has 1 aromatic rings. The number of carbonyl (C=O) groups excluding carboxylic acids is 1. The molecule has 1 fully saturated rings. The van der Waals surface area contributed by atoms with Gasteiger partial charge in [-0.15, -0.1) is 0 Å². The SMILES string of the molecule is CC1CN(C(=O)c2ccc(Br)c(O)c2)CCC1N. The summed E-state index contributed by atoms with van der Waals surface area (Å²) >= 11 is 3.20. The number of likely N-dealkylation sites (tertiary alicyclic amines) is 1. The Labute approximate surface area is 115 Å². The Kier molecular flexibility index (Phi) is 3.92. The van der Waals surface area contributed by atoms with E-state index < -0.39 is 0 Å². The van der Waals surface area contributed by atoms with E-state index in [0.717, 1.165) is 6.42 Å². The third kappa shape index (κ3) is 2.67. The van der Waals surface area contributed by atoms with Crippen molar-refractivity contribution in [3.05, 3.63) is 28.2 Å². The molecule has 2 unspecified atom stereocenters. The highest BCUT2D eigenvalue weighted by molar-refractivity contribution is 9.10. The fourth-order valence-corrected chi connectivity index (χ4v) is 2.42. The summed E-state index contributed by atoms with van der Waals surface area (Å²) in [7, 11) is 0. The maximum atomic E-state index is 12.3. The van der Waals surface area contributed by atoms with Gasteiger partial charge in [0.2, 0.25) is 0 Å². The van der Waals surface area contributed by atoms with Crippen LogP contribution in [0.15, 0.2) is 22.7 Å². The Hall–Kier alpha value is -1.07. The monoisotopic (exact) mass is 312 g/mol. The van der Waals surface area contributed by atoms with Gasteiger partial charge in [-0.3, -0.25) is 4.79 Å². The van der Waals surface area contributed by atoms with Crippen molar-refractivity contribution in [1.82, 2.24) is 4.90 Å². The van der Waals surface area contributed by atoms with E-state index in [0.29, 0.717) is 29.0 Å². The summed E-state index contributed by atoms with van der Waals surface area (Å²) in [4.78, 5) is 14.1. The molecule has 2 rings (SSSR count). The molecule has 2 atom stereocenters. The summed E-state index contributed by atoms with van der Waals surface area (Å²) in [5.74, 6) is 0.353. The molecule has 3 N–H and O–H groups in total. The predicted octanol–water partition coefficient (Wildman–Crippen LogP) is 1.96. The zero-order valence-corrected chi connectivity index (χ0v) is 11.9. The fourth-order valence-electron chi connectivity index (χ4n) is 2.18. The minimum absolute atomic E-state index is 0.0449. The number of amides is 1. The second-order valence-corrected chi connectivity index (χ2v) is 5.70. The standard InChI is InChI=1S/C13H17BrN2O2/c1-8-7-16(5-4-11(8)15)13(18)9-2-3-10(14)12(17)6-9/h2-3,6,8,11,17H,4-5,7,15H2,1H3. The maximum absolute atomic E-state index is 12.3. The lowest BCUT2D eigenvalue weighted by atomic mass is 9.94. The maximum Gasteiger partial charge on any atom is 0.254 e. The molecular formula is C13H17BrN2O2. The van der Waals surface area contributed by atoms with Gasteiger partial charge in [-0.05, 0) is 46.5 Å². The molecule has 0 bridgehead atoms. The minimum atomic E-state index is -0.0449. The van der Waals surface area contributed by atoms with Crippen molar-refractivity contribution in [2.24, 2.45) is 11.7 Å². The second kappa shape index (κ2) is 5.28. The third-order valence-corrected chi connectivity index (χ3v) is 4.12. The molecule has 18 heavy (non-hydrogen) atoms. The van der Waals surface area contributed by atoms with E-state index in [2.05, 4.69) is 22.9 Å². The van der Waals surface area contributed by atoms with Gasteiger partial charge >= 0.3 is 0 Å². The first-order chi connectivity index (χ1) is 8.49. The highest BCUT2D eigenvalue weighted by atomic mass is 79.9. The second-order valence-electron chi connectivity index (χ2n) is 4.85. The van der Waals surface area contributed by atoms with Crippen LogP contribution < -0.4 is 5.73 Å². The first kappa shape index (κ1) is 13.4. The molecule has 0 aromatic heterocycles. The topological polar surface area (TPSA) is 66.6 Å². The molecule has 1 aromatic carbocycles. The number of nitrogens with zero attached hydrogens (tertiary/aromatic N) is 1. The normalized spacial score (nSPS) is 24.1. The smallest absolute Gasteiger partial charge is 0.254 e. The van der Waals surface area contributed by atoms with Crippen molar-refractivity contribution in [2.75, 3.05) is 13.1 Å². The average molecular weight is 313 g/mol. The largest absolute Gasteiger partial charge is 0.507 e. The Balaban J connectivity index is 2.14. The van der Waals surface area contributed by atoms with Crippen LogP contribution in [0.5, 0.6) is 5.75 Å². The number of phenols is 1. The van der Waals surface area contributed by atoms with E-state index in [4.69, 9.17) is 5.73 Å². The molecule has 1 aliphatic rings. The number of halogens is 1. The molecule has 1 saturated heterocycles. The Morgan fingerprint density at radius 3 is 2.89 bits per heavy atom. The lowest BCUT2D eigenvalue weighted by molar-refractivity contribution is 0.0663. The summed E-state index contributed by atoms with van der Waals surface area (Å²) in [6.07, 6.45) is 0.829. The first-order valence-corrected chi connectivity index (χ1v) is 6.81. The summed E-state index contributed by atoms with van der Waals surface area (Å²) in [6.45, 7) is 3.42. The van der Waals surface area contributed by atoms with Crippen LogP contribution in [-0.4, -0.2) is 35.0 Å². The summed E-state index contributed by atoms with van der Waals surface area (Å²) in [6, 6.07) is 5.06. The van der Waals surface area contributed by atoms with Crippen LogP contribution in [0.3, 0.4) is 0 Å². The molecule has 5 heteroatoms. The van der Waals surface area contributed by atoms with Crippen LogP contribution in [0.1, 0.15) is 23.7 Å². The Morgan fingerprint density at radius 2 is 2.28 bits per heavy atom. The van der Waals surface area contributed by atoms with Crippen LogP contribution in [0.25, 0.3) is 0 Å². The molecule has 0 radical (unpaired) electrons. The summed E-state index contributed by atoms with van der Waals surface area (Å²) < 4.78 is 0.591. The number of benzene rings is 1. The predicted molar refractivity (Wildman–Crippen MR) is 73.5 cm³/mol. The van der Waals surface area contributed by atoms with E-state index in [1.165, 1.54) is 6.07 Å². The number of rotatable bonds is 1. The quantitative estimate of drug-likeness (QED) is 0.833. The highest BCUT2D eigenvalue weighted by Crippen LogP contribution is 2.26. The van der Waals surface area contributed by atoms with Crippen molar-refractivity contribution in [3.8, 4) is 5.75 Å². The highest BCUT2D eigenvalue weighted by Gasteiger charge is 2.27. The zero-order valence-electron chi connectivity index (χ0n) is 10.3. The molecule has 1 aliphatic heterocycles. The van der Waals surface area contributed by atoms with Crippen LogP contribution in [0.2, 0.25) is 0 Å². The molecular weight excluding hydrogens is 296 g/mol. The van der Waals surface area contributed by atoms with Gasteiger partial charge in [0.25, 0.3) is 5.91 Å². The van der Waals surface area contributed by atoms with Gasteiger partial charge in [0.1, 0.15) is 5.75 Å². The van der Waals surface area contributed by atoms with Gasteiger partial charge in [-0.1, -0.05) is 6.92 Å². The van der Waals surface area contributed by atoms with Gasteiger partial charge in [0.15, 0.2) is 0 Å². The van der Waals surface area contributed by atoms with Crippen molar-refractivity contribution < 1.29 is 9.90 Å². The number of phenolic OH excluding ortho intramolecular Hbond substituents is 1. The number of hydrogen-bond donors (Lipinski definition) is 2.